The van der Waals surface area contributed by atoms with Crippen molar-refractivity contribution in [2.24, 2.45) is 0 Å². The van der Waals surface area contributed by atoms with E-state index >= 15 is 0 Å². The van der Waals surface area contributed by atoms with Crippen molar-refractivity contribution < 1.29 is 17.9 Å². The predicted octanol–water partition coefficient (Wildman–Crippen LogP) is 2.34. The minimum absolute atomic E-state index is 0.0618. The Balaban J connectivity index is 2.19. The number of sulfone groups is 1. The number of ether oxygens (including phenoxy) is 1. The molecule has 1 amide bonds. The smallest absolute Gasteiger partial charge is 0.243 e. The molecule has 2 rings (SSSR count). The molecule has 118 valence electrons. The molecule has 0 spiro atoms. The Labute approximate surface area is 133 Å². The van der Waals surface area contributed by atoms with Gasteiger partial charge < -0.3 is 10.1 Å². The number of anilines is 1. The van der Waals surface area contributed by atoms with E-state index in [1.807, 2.05) is 6.92 Å². The van der Waals surface area contributed by atoms with Crippen molar-refractivity contribution in [3.8, 4) is 5.75 Å². The van der Waals surface area contributed by atoms with Gasteiger partial charge in [-0.2, -0.15) is 0 Å². The number of benzene rings is 1. The van der Waals surface area contributed by atoms with Crippen LogP contribution in [0.3, 0.4) is 0 Å². The number of nitrogens with one attached hydrogen (secondary N) is 1. The average molecular weight is 340 g/mol. The molecule has 1 aromatic carbocycles. The maximum Gasteiger partial charge on any atom is 0.243 e. The van der Waals surface area contributed by atoms with Crippen molar-refractivity contribution in [1.82, 2.24) is 4.98 Å². The summed E-state index contributed by atoms with van der Waals surface area (Å²) in [4.78, 5) is 16.0. The van der Waals surface area contributed by atoms with E-state index in [-0.39, 0.29) is 4.34 Å². The lowest BCUT2D eigenvalue weighted by Crippen LogP contribution is -2.32. The number of rotatable bonds is 6. The van der Waals surface area contributed by atoms with Gasteiger partial charge in [0.25, 0.3) is 0 Å². The molecule has 0 saturated carbocycles. The van der Waals surface area contributed by atoms with E-state index in [2.05, 4.69) is 10.3 Å². The van der Waals surface area contributed by atoms with Gasteiger partial charge in [0.2, 0.25) is 20.1 Å². The average Bonchev–Trinajstić information content (AvgIpc) is 3.03. The molecule has 0 aliphatic rings. The second-order valence-electron chi connectivity index (χ2n) is 4.40. The van der Waals surface area contributed by atoms with Crippen molar-refractivity contribution in [3.05, 3.63) is 35.8 Å². The molecule has 6 nitrogen and oxygen atoms in total. The van der Waals surface area contributed by atoms with Crippen molar-refractivity contribution in [3.63, 3.8) is 0 Å². The van der Waals surface area contributed by atoms with Gasteiger partial charge in [-0.15, -0.1) is 11.3 Å². The normalized spacial score (nSPS) is 12.6. The number of hydrogen-bond donors (Lipinski definition) is 1. The molecule has 0 saturated heterocycles. The second-order valence-corrected chi connectivity index (χ2v) is 7.74. The minimum Gasteiger partial charge on any atom is -0.492 e. The number of thiazole rings is 1. The molecule has 0 radical (unpaired) electrons. The van der Waals surface area contributed by atoms with Crippen LogP contribution in [-0.2, 0) is 14.6 Å². The highest BCUT2D eigenvalue weighted by molar-refractivity contribution is 7.94. The number of hydrogen-bond acceptors (Lipinski definition) is 6. The van der Waals surface area contributed by atoms with E-state index in [4.69, 9.17) is 4.74 Å². The number of nitrogens with zero attached hydrogens (tertiary/aromatic N) is 1. The van der Waals surface area contributed by atoms with Gasteiger partial charge in [0.05, 0.1) is 12.3 Å². The largest absolute Gasteiger partial charge is 0.492 e. The van der Waals surface area contributed by atoms with Crippen LogP contribution in [-0.4, -0.2) is 31.2 Å². The summed E-state index contributed by atoms with van der Waals surface area (Å²) in [6, 6.07) is 6.87. The molecule has 0 unspecified atom stereocenters. The zero-order chi connectivity index (χ0) is 16.2. The van der Waals surface area contributed by atoms with Crippen LogP contribution in [0.4, 0.5) is 5.69 Å². The molecular formula is C14H16N2O4S2. The van der Waals surface area contributed by atoms with Gasteiger partial charge in [0, 0.05) is 11.6 Å². The van der Waals surface area contributed by atoms with E-state index < -0.39 is 21.0 Å². The summed E-state index contributed by atoms with van der Waals surface area (Å²) in [5, 5.41) is 2.91. The molecular weight excluding hydrogens is 324 g/mol. The zero-order valence-corrected chi connectivity index (χ0v) is 13.8. The number of carbonyl (C=O) groups excluding carboxylic acids is 1. The van der Waals surface area contributed by atoms with E-state index in [1.54, 1.807) is 29.6 Å². The van der Waals surface area contributed by atoms with Gasteiger partial charge in [-0.05, 0) is 26.0 Å². The lowest BCUT2D eigenvalue weighted by atomic mass is 10.3. The fourth-order valence-corrected chi connectivity index (χ4v) is 4.08. The molecule has 1 heterocycles. The van der Waals surface area contributed by atoms with Crippen LogP contribution in [0.1, 0.15) is 13.8 Å². The highest BCUT2D eigenvalue weighted by atomic mass is 32.2. The number of para-hydroxylation sites is 2. The molecule has 0 bridgehead atoms. The lowest BCUT2D eigenvalue weighted by molar-refractivity contribution is -0.115. The predicted molar refractivity (Wildman–Crippen MR) is 85.0 cm³/mol. The summed E-state index contributed by atoms with van der Waals surface area (Å²) in [5.41, 5.74) is 0.440. The first kappa shape index (κ1) is 16.4. The van der Waals surface area contributed by atoms with Crippen LogP contribution in [0.25, 0.3) is 0 Å². The van der Waals surface area contributed by atoms with Gasteiger partial charge in [-0.1, -0.05) is 12.1 Å². The highest BCUT2D eigenvalue weighted by Gasteiger charge is 2.32. The Kier molecular flexibility index (Phi) is 5.15. The van der Waals surface area contributed by atoms with Gasteiger partial charge in [0.15, 0.2) is 0 Å². The fourth-order valence-electron chi connectivity index (χ4n) is 1.73. The molecule has 8 heteroatoms. The first-order valence-corrected chi connectivity index (χ1v) is 9.05. The van der Waals surface area contributed by atoms with Crippen molar-refractivity contribution in [2.45, 2.75) is 23.4 Å². The fraction of sp³-hybridized carbons (Fsp3) is 0.286. The molecule has 0 aliphatic heterocycles. The molecule has 1 aromatic heterocycles. The third-order valence-electron chi connectivity index (χ3n) is 2.93. The summed E-state index contributed by atoms with van der Waals surface area (Å²) in [7, 11) is -3.79. The first-order chi connectivity index (χ1) is 10.5. The van der Waals surface area contributed by atoms with Crippen LogP contribution in [0.2, 0.25) is 0 Å². The van der Waals surface area contributed by atoms with Crippen molar-refractivity contribution in [2.75, 3.05) is 11.9 Å². The molecule has 1 N–H and O–H groups in total. The summed E-state index contributed by atoms with van der Waals surface area (Å²) in [6.07, 6.45) is 1.40. The SMILES string of the molecule is CCOc1ccccc1NC(=O)[C@H](C)S(=O)(=O)c1nccs1. The zero-order valence-electron chi connectivity index (χ0n) is 12.1. The Bertz CT molecular complexity index is 742. The Morgan fingerprint density at radius 1 is 1.41 bits per heavy atom. The summed E-state index contributed by atoms with van der Waals surface area (Å²) < 4.78 is 29.9. The summed E-state index contributed by atoms with van der Waals surface area (Å²) in [5.74, 6) is -0.125. The number of aromatic nitrogens is 1. The molecule has 2 aromatic rings. The minimum atomic E-state index is -3.79. The Hall–Kier alpha value is -1.93. The maximum absolute atomic E-state index is 12.3. The van der Waals surface area contributed by atoms with Crippen LogP contribution in [0.5, 0.6) is 5.75 Å². The topological polar surface area (TPSA) is 85.4 Å². The van der Waals surface area contributed by atoms with E-state index in [0.29, 0.717) is 18.0 Å². The first-order valence-electron chi connectivity index (χ1n) is 6.63. The van der Waals surface area contributed by atoms with Crippen LogP contribution >= 0.6 is 11.3 Å². The lowest BCUT2D eigenvalue weighted by Gasteiger charge is -2.14. The van der Waals surface area contributed by atoms with Crippen molar-refractivity contribution >= 4 is 32.8 Å². The van der Waals surface area contributed by atoms with Crippen LogP contribution < -0.4 is 10.1 Å². The van der Waals surface area contributed by atoms with E-state index in [9.17, 15) is 13.2 Å². The van der Waals surface area contributed by atoms with E-state index in [1.165, 1.54) is 13.1 Å². The molecule has 0 aliphatic carbocycles. The van der Waals surface area contributed by atoms with Gasteiger partial charge in [-0.25, -0.2) is 13.4 Å². The number of amides is 1. The summed E-state index contributed by atoms with van der Waals surface area (Å²) in [6.45, 7) is 3.61. The highest BCUT2D eigenvalue weighted by Crippen LogP contribution is 2.25. The van der Waals surface area contributed by atoms with Crippen LogP contribution in [0, 0.1) is 0 Å². The maximum atomic E-state index is 12.3. The third-order valence-corrected chi connectivity index (χ3v) is 6.22. The Morgan fingerprint density at radius 2 is 2.14 bits per heavy atom. The molecule has 1 atom stereocenters. The molecule has 22 heavy (non-hydrogen) atoms. The van der Waals surface area contributed by atoms with Crippen LogP contribution in [0.15, 0.2) is 40.2 Å². The monoisotopic (exact) mass is 340 g/mol. The van der Waals surface area contributed by atoms with Gasteiger partial charge in [0.1, 0.15) is 11.0 Å². The van der Waals surface area contributed by atoms with Gasteiger partial charge >= 0.3 is 0 Å². The quantitative estimate of drug-likeness (QED) is 0.872. The van der Waals surface area contributed by atoms with Gasteiger partial charge in [-0.3, -0.25) is 4.79 Å². The second kappa shape index (κ2) is 6.89. The standard InChI is InChI=1S/C14H16N2O4S2/c1-3-20-12-7-5-4-6-11(12)16-13(17)10(2)22(18,19)14-15-8-9-21-14/h4-10H,3H2,1-2H3,(H,16,17)/t10-/m0/s1. The van der Waals surface area contributed by atoms with Crippen molar-refractivity contribution in [1.29, 1.82) is 0 Å². The number of carbonyl (C=O) groups is 1. The molecule has 0 fully saturated rings. The van der Waals surface area contributed by atoms with E-state index in [0.717, 1.165) is 11.3 Å². The Morgan fingerprint density at radius 3 is 2.77 bits per heavy atom. The third kappa shape index (κ3) is 3.45. The summed E-state index contributed by atoms with van der Waals surface area (Å²) >= 11 is 0.989.